The van der Waals surface area contributed by atoms with Crippen LogP contribution in [0.2, 0.25) is 0 Å². The normalized spacial score (nSPS) is 22.7. The van der Waals surface area contributed by atoms with Gasteiger partial charge in [-0.3, -0.25) is 4.79 Å². The Kier molecular flexibility index (Phi) is 3.49. The van der Waals surface area contributed by atoms with E-state index in [-0.39, 0.29) is 11.8 Å². The second-order valence-corrected chi connectivity index (χ2v) is 7.63. The number of nitriles is 1. The van der Waals surface area contributed by atoms with E-state index in [1.54, 1.807) is 22.7 Å². The van der Waals surface area contributed by atoms with Crippen molar-refractivity contribution >= 4 is 33.6 Å². The van der Waals surface area contributed by atoms with Crippen molar-refractivity contribution in [2.75, 3.05) is 11.9 Å². The quantitative estimate of drug-likeness (QED) is 0.909. The number of hydrogen-bond acceptors (Lipinski definition) is 5. The molecule has 2 N–H and O–H groups in total. The predicted octanol–water partition coefficient (Wildman–Crippen LogP) is 3.07. The van der Waals surface area contributed by atoms with Crippen molar-refractivity contribution < 1.29 is 4.79 Å². The van der Waals surface area contributed by atoms with Crippen molar-refractivity contribution in [3.63, 3.8) is 0 Å². The van der Waals surface area contributed by atoms with Crippen LogP contribution in [0.15, 0.2) is 16.8 Å². The first kappa shape index (κ1) is 13.9. The van der Waals surface area contributed by atoms with Gasteiger partial charge < -0.3 is 10.6 Å². The number of fused-ring (bicyclic) bond motifs is 1. The van der Waals surface area contributed by atoms with Gasteiger partial charge in [0.25, 0.3) is 0 Å². The number of hydrogen-bond donors (Lipinski definition) is 2. The van der Waals surface area contributed by atoms with Gasteiger partial charge in [0.15, 0.2) is 0 Å². The van der Waals surface area contributed by atoms with Crippen LogP contribution in [0, 0.1) is 17.2 Å². The highest BCUT2D eigenvalue weighted by Crippen LogP contribution is 2.49. The lowest BCUT2D eigenvalue weighted by atomic mass is 10.1. The highest BCUT2D eigenvalue weighted by Gasteiger charge is 2.44. The van der Waals surface area contributed by atoms with E-state index in [9.17, 15) is 10.1 Å². The van der Waals surface area contributed by atoms with Crippen LogP contribution >= 0.6 is 22.7 Å². The van der Waals surface area contributed by atoms with Crippen LogP contribution in [0.25, 0.3) is 0 Å². The Morgan fingerprint density at radius 1 is 1.50 bits per heavy atom. The molecule has 112 valence electrons. The maximum Gasteiger partial charge on any atom is 0.228 e. The monoisotopic (exact) mass is 329 g/mol. The molecule has 0 radical (unpaired) electrons. The minimum Gasteiger partial charge on any atom is -0.316 e. The Morgan fingerprint density at radius 3 is 3.18 bits per heavy atom. The second-order valence-electron chi connectivity index (χ2n) is 5.74. The molecular weight excluding hydrogens is 314 g/mol. The summed E-state index contributed by atoms with van der Waals surface area (Å²) >= 11 is 3.21. The van der Waals surface area contributed by atoms with Gasteiger partial charge in [0.1, 0.15) is 11.1 Å². The summed E-state index contributed by atoms with van der Waals surface area (Å²) in [5.74, 6) is 0.464. The third-order valence-electron chi connectivity index (χ3n) is 4.38. The maximum atomic E-state index is 12.4. The summed E-state index contributed by atoms with van der Waals surface area (Å²) in [6.07, 6.45) is 1.78. The topological polar surface area (TPSA) is 64.9 Å². The molecule has 2 aliphatic rings. The third kappa shape index (κ3) is 2.35. The van der Waals surface area contributed by atoms with Crippen molar-refractivity contribution in [1.29, 1.82) is 5.26 Å². The van der Waals surface area contributed by atoms with E-state index in [1.807, 2.05) is 0 Å². The molecule has 0 spiro atoms. The van der Waals surface area contributed by atoms with Gasteiger partial charge in [-0.05, 0) is 53.3 Å². The molecular formula is C16H15N3OS2. The molecule has 1 aliphatic heterocycles. The molecule has 4 nitrogen and oxygen atoms in total. The van der Waals surface area contributed by atoms with Crippen LogP contribution in [-0.2, 0) is 17.8 Å². The van der Waals surface area contributed by atoms with Crippen LogP contribution in [-0.4, -0.2) is 12.5 Å². The van der Waals surface area contributed by atoms with Crippen molar-refractivity contribution in [3.05, 3.63) is 38.4 Å². The number of nitrogens with one attached hydrogen (secondary N) is 2. The summed E-state index contributed by atoms with van der Waals surface area (Å²) in [5, 5.41) is 20.6. The Labute approximate surface area is 136 Å². The predicted molar refractivity (Wildman–Crippen MR) is 88.2 cm³/mol. The third-order valence-corrected chi connectivity index (χ3v) is 6.22. The van der Waals surface area contributed by atoms with E-state index in [0.717, 1.165) is 36.5 Å². The first-order valence-corrected chi connectivity index (χ1v) is 9.12. The fourth-order valence-electron chi connectivity index (χ4n) is 3.08. The lowest BCUT2D eigenvalue weighted by Gasteiger charge is -2.11. The highest BCUT2D eigenvalue weighted by molar-refractivity contribution is 7.16. The zero-order valence-electron chi connectivity index (χ0n) is 11.9. The number of anilines is 1. The van der Waals surface area contributed by atoms with Gasteiger partial charge in [-0.2, -0.15) is 16.6 Å². The molecule has 6 heteroatoms. The molecule has 2 aromatic heterocycles. The SMILES string of the molecule is N#Cc1c(NC(=O)C2CC2c2ccsc2)sc2c1CCNC2. The number of thiophene rings is 2. The van der Waals surface area contributed by atoms with E-state index in [4.69, 9.17) is 0 Å². The minimum atomic E-state index is 0.0541. The number of carbonyl (C=O) groups excluding carboxylic acids is 1. The first-order chi connectivity index (χ1) is 10.8. The fourth-order valence-corrected chi connectivity index (χ4v) is 4.98. The second kappa shape index (κ2) is 5.51. The molecule has 0 aromatic carbocycles. The molecule has 0 saturated heterocycles. The zero-order chi connectivity index (χ0) is 15.1. The Hall–Kier alpha value is -1.68. The summed E-state index contributed by atoms with van der Waals surface area (Å²) in [6.45, 7) is 1.69. The van der Waals surface area contributed by atoms with E-state index in [0.29, 0.717) is 11.5 Å². The Balaban J connectivity index is 1.51. The van der Waals surface area contributed by atoms with Gasteiger partial charge in [-0.1, -0.05) is 0 Å². The molecule has 2 unspecified atom stereocenters. The number of carbonyl (C=O) groups is 1. The van der Waals surface area contributed by atoms with Crippen molar-refractivity contribution in [3.8, 4) is 6.07 Å². The van der Waals surface area contributed by atoms with E-state index in [1.165, 1.54) is 10.4 Å². The summed E-state index contributed by atoms with van der Waals surface area (Å²) in [7, 11) is 0. The maximum absolute atomic E-state index is 12.4. The molecule has 22 heavy (non-hydrogen) atoms. The van der Waals surface area contributed by atoms with Gasteiger partial charge >= 0.3 is 0 Å². The summed E-state index contributed by atoms with van der Waals surface area (Å²) in [6, 6.07) is 4.37. The number of amides is 1. The van der Waals surface area contributed by atoms with Crippen LogP contribution in [0.4, 0.5) is 5.00 Å². The van der Waals surface area contributed by atoms with Gasteiger partial charge in [-0.15, -0.1) is 11.3 Å². The average Bonchev–Trinajstić information content (AvgIpc) is 3.00. The Bertz CT molecular complexity index is 757. The average molecular weight is 329 g/mol. The highest BCUT2D eigenvalue weighted by atomic mass is 32.1. The summed E-state index contributed by atoms with van der Waals surface area (Å²) in [5.41, 5.74) is 3.05. The number of nitrogens with zero attached hydrogens (tertiary/aromatic N) is 1. The van der Waals surface area contributed by atoms with Crippen LogP contribution < -0.4 is 10.6 Å². The lowest BCUT2D eigenvalue weighted by molar-refractivity contribution is -0.117. The van der Waals surface area contributed by atoms with Crippen molar-refractivity contribution in [1.82, 2.24) is 5.32 Å². The van der Waals surface area contributed by atoms with Crippen molar-refractivity contribution in [2.24, 2.45) is 5.92 Å². The van der Waals surface area contributed by atoms with E-state index < -0.39 is 0 Å². The van der Waals surface area contributed by atoms with E-state index >= 15 is 0 Å². The van der Waals surface area contributed by atoms with Gasteiger partial charge in [0.2, 0.25) is 5.91 Å². The minimum absolute atomic E-state index is 0.0541. The van der Waals surface area contributed by atoms with Crippen LogP contribution in [0.3, 0.4) is 0 Å². The first-order valence-electron chi connectivity index (χ1n) is 7.36. The Morgan fingerprint density at radius 2 is 2.41 bits per heavy atom. The number of rotatable bonds is 3. The molecule has 1 saturated carbocycles. The van der Waals surface area contributed by atoms with E-state index in [2.05, 4.69) is 33.5 Å². The molecule has 1 aliphatic carbocycles. The molecule has 4 rings (SSSR count). The van der Waals surface area contributed by atoms with Crippen molar-refractivity contribution in [2.45, 2.75) is 25.3 Å². The smallest absolute Gasteiger partial charge is 0.228 e. The van der Waals surface area contributed by atoms with Gasteiger partial charge in [0.05, 0.1) is 5.56 Å². The lowest BCUT2D eigenvalue weighted by Crippen LogP contribution is -2.22. The molecule has 2 aromatic rings. The molecule has 1 fully saturated rings. The van der Waals surface area contributed by atoms with Gasteiger partial charge in [0, 0.05) is 17.3 Å². The molecule has 2 atom stereocenters. The molecule has 3 heterocycles. The summed E-state index contributed by atoms with van der Waals surface area (Å²) < 4.78 is 0. The largest absolute Gasteiger partial charge is 0.316 e. The zero-order valence-corrected chi connectivity index (χ0v) is 13.5. The standard InChI is InChI=1S/C16H15N3OS2/c17-6-13-10-1-3-18-7-14(10)22-16(13)19-15(20)12-5-11(12)9-2-4-21-8-9/h2,4,8,11-12,18H,1,3,5,7H2,(H,19,20). The summed E-state index contributed by atoms with van der Waals surface area (Å²) in [4.78, 5) is 13.6. The van der Waals surface area contributed by atoms with Crippen LogP contribution in [0.5, 0.6) is 0 Å². The fraction of sp³-hybridized carbons (Fsp3) is 0.375. The van der Waals surface area contributed by atoms with Gasteiger partial charge in [-0.25, -0.2) is 0 Å². The molecule has 0 bridgehead atoms. The molecule has 1 amide bonds. The van der Waals surface area contributed by atoms with Crippen LogP contribution in [0.1, 0.15) is 33.9 Å².